The summed E-state index contributed by atoms with van der Waals surface area (Å²) in [5.41, 5.74) is 2.79. The fraction of sp³-hybridized carbons (Fsp3) is 0.0714. The summed E-state index contributed by atoms with van der Waals surface area (Å²) >= 11 is 0. The monoisotopic (exact) mass is 222 g/mol. The van der Waals surface area contributed by atoms with Gasteiger partial charge in [-0.2, -0.15) is 0 Å². The van der Waals surface area contributed by atoms with Crippen LogP contribution in [-0.2, 0) is 6.42 Å². The van der Waals surface area contributed by atoms with E-state index < -0.39 is 0 Å². The normalized spacial score (nSPS) is 10.8. The number of rotatable bonds is 1. The van der Waals surface area contributed by atoms with Crippen molar-refractivity contribution in [3.63, 3.8) is 0 Å². The van der Waals surface area contributed by atoms with E-state index in [1.165, 1.54) is 0 Å². The van der Waals surface area contributed by atoms with Gasteiger partial charge in [-0.15, -0.1) is 12.3 Å². The number of fused-ring (bicyclic) bond motifs is 3. The van der Waals surface area contributed by atoms with Crippen LogP contribution in [0.4, 0.5) is 0 Å². The Kier molecular flexibility index (Phi) is 2.02. The summed E-state index contributed by atoms with van der Waals surface area (Å²) in [5, 5.41) is 11.5. The number of aromatic amines is 1. The topological polar surface area (TPSA) is 48.9 Å². The van der Waals surface area contributed by atoms with E-state index >= 15 is 0 Å². The molecule has 0 saturated heterocycles. The maximum absolute atomic E-state index is 9.52. The maximum atomic E-state index is 9.52. The van der Waals surface area contributed by atoms with Gasteiger partial charge >= 0.3 is 0 Å². The number of hydrogen-bond acceptors (Lipinski definition) is 2. The van der Waals surface area contributed by atoms with E-state index in [-0.39, 0.29) is 5.75 Å². The van der Waals surface area contributed by atoms with Crippen molar-refractivity contribution in [2.45, 2.75) is 6.42 Å². The molecule has 0 radical (unpaired) electrons. The summed E-state index contributed by atoms with van der Waals surface area (Å²) in [4.78, 5) is 7.57. The second-order valence-electron chi connectivity index (χ2n) is 3.92. The molecule has 0 unspecified atom stereocenters. The van der Waals surface area contributed by atoms with Gasteiger partial charge in [0.05, 0.1) is 17.6 Å². The van der Waals surface area contributed by atoms with Crippen LogP contribution in [0.1, 0.15) is 5.69 Å². The molecule has 3 rings (SSSR count). The summed E-state index contributed by atoms with van der Waals surface area (Å²) in [6, 6.07) is 7.18. The van der Waals surface area contributed by atoms with E-state index in [1.54, 1.807) is 18.3 Å². The predicted octanol–water partition coefficient (Wildman–Crippen LogP) is 2.60. The minimum Gasteiger partial charge on any atom is -0.508 e. The summed E-state index contributed by atoms with van der Waals surface area (Å²) in [6.07, 6.45) is 7.56. The van der Waals surface area contributed by atoms with Crippen molar-refractivity contribution in [1.82, 2.24) is 9.97 Å². The highest BCUT2D eigenvalue weighted by Crippen LogP contribution is 2.29. The van der Waals surface area contributed by atoms with Gasteiger partial charge in [-0.1, -0.05) is 0 Å². The van der Waals surface area contributed by atoms with Crippen LogP contribution in [0.25, 0.3) is 21.8 Å². The van der Waals surface area contributed by atoms with Gasteiger partial charge in [0.15, 0.2) is 0 Å². The molecule has 0 aliphatic heterocycles. The Morgan fingerprint density at radius 3 is 3.00 bits per heavy atom. The number of aromatic hydroxyl groups is 1. The molecule has 3 nitrogen and oxygen atoms in total. The van der Waals surface area contributed by atoms with Gasteiger partial charge in [0.2, 0.25) is 0 Å². The maximum Gasteiger partial charge on any atom is 0.116 e. The molecule has 0 aliphatic carbocycles. The van der Waals surface area contributed by atoms with Crippen LogP contribution in [0.2, 0.25) is 0 Å². The molecule has 3 heteroatoms. The van der Waals surface area contributed by atoms with Gasteiger partial charge in [0, 0.05) is 22.5 Å². The van der Waals surface area contributed by atoms with Crippen LogP contribution in [-0.4, -0.2) is 15.1 Å². The molecule has 0 atom stereocenters. The molecule has 1 aromatic carbocycles. The Labute approximate surface area is 98.1 Å². The van der Waals surface area contributed by atoms with E-state index in [0.29, 0.717) is 6.42 Å². The lowest BCUT2D eigenvalue weighted by Crippen LogP contribution is -1.88. The molecule has 0 fully saturated rings. The number of pyridine rings is 1. The number of terminal acetylenes is 1. The molecule has 0 aliphatic rings. The number of H-pyrrole nitrogens is 1. The first-order valence-electron chi connectivity index (χ1n) is 5.31. The van der Waals surface area contributed by atoms with Crippen LogP contribution < -0.4 is 0 Å². The molecule has 2 heterocycles. The fourth-order valence-electron chi connectivity index (χ4n) is 2.10. The number of phenolic OH excluding ortho intramolecular Hbond substituents is 1. The quantitative estimate of drug-likeness (QED) is 0.622. The highest BCUT2D eigenvalue weighted by atomic mass is 16.3. The van der Waals surface area contributed by atoms with Crippen LogP contribution in [0.3, 0.4) is 0 Å². The lowest BCUT2D eigenvalue weighted by atomic mass is 10.1. The number of phenols is 1. The van der Waals surface area contributed by atoms with Gasteiger partial charge in [-0.3, -0.25) is 4.98 Å². The van der Waals surface area contributed by atoms with Crippen LogP contribution in [0.15, 0.2) is 30.5 Å². The average molecular weight is 222 g/mol. The van der Waals surface area contributed by atoms with E-state index in [1.807, 2.05) is 12.1 Å². The number of benzene rings is 1. The van der Waals surface area contributed by atoms with Crippen molar-refractivity contribution in [2.24, 2.45) is 0 Å². The van der Waals surface area contributed by atoms with Crippen molar-refractivity contribution in [3.8, 4) is 18.1 Å². The van der Waals surface area contributed by atoms with Crippen LogP contribution >= 0.6 is 0 Å². The average Bonchev–Trinajstić information content (AvgIpc) is 2.69. The van der Waals surface area contributed by atoms with E-state index in [2.05, 4.69) is 15.9 Å². The zero-order valence-corrected chi connectivity index (χ0v) is 9.07. The van der Waals surface area contributed by atoms with E-state index in [4.69, 9.17) is 6.42 Å². The third kappa shape index (κ3) is 1.42. The van der Waals surface area contributed by atoms with Crippen LogP contribution in [0, 0.1) is 12.3 Å². The molecule has 0 saturated carbocycles. The van der Waals surface area contributed by atoms with Gasteiger partial charge in [-0.05, 0) is 24.3 Å². The summed E-state index contributed by atoms with van der Waals surface area (Å²) < 4.78 is 0. The minimum absolute atomic E-state index is 0.258. The van der Waals surface area contributed by atoms with Crippen molar-refractivity contribution < 1.29 is 5.11 Å². The van der Waals surface area contributed by atoms with Crippen molar-refractivity contribution in [3.05, 3.63) is 36.2 Å². The smallest absolute Gasteiger partial charge is 0.116 e. The van der Waals surface area contributed by atoms with Crippen molar-refractivity contribution >= 4 is 21.8 Å². The van der Waals surface area contributed by atoms with Crippen LogP contribution in [0.5, 0.6) is 5.75 Å². The second kappa shape index (κ2) is 3.53. The Bertz CT molecular complexity index is 750. The molecular formula is C14H10N2O. The SMILES string of the molecule is C#CCc1nccc2c1[nH]c1ccc(O)cc12. The van der Waals surface area contributed by atoms with Gasteiger partial charge in [0.1, 0.15) is 5.75 Å². The lowest BCUT2D eigenvalue weighted by Gasteiger charge is -1.96. The molecule has 17 heavy (non-hydrogen) atoms. The number of nitrogens with zero attached hydrogens (tertiary/aromatic N) is 1. The molecule has 3 aromatic rings. The number of hydrogen-bond donors (Lipinski definition) is 2. The molecule has 82 valence electrons. The fourth-order valence-corrected chi connectivity index (χ4v) is 2.10. The highest BCUT2D eigenvalue weighted by Gasteiger charge is 2.08. The van der Waals surface area contributed by atoms with E-state index in [9.17, 15) is 5.11 Å². The Hall–Kier alpha value is -2.47. The highest BCUT2D eigenvalue weighted by molar-refractivity contribution is 6.08. The molecule has 0 bridgehead atoms. The van der Waals surface area contributed by atoms with Crippen molar-refractivity contribution in [2.75, 3.05) is 0 Å². The predicted molar refractivity (Wildman–Crippen MR) is 67.8 cm³/mol. The summed E-state index contributed by atoms with van der Waals surface area (Å²) in [7, 11) is 0. The number of aromatic nitrogens is 2. The second-order valence-corrected chi connectivity index (χ2v) is 3.92. The summed E-state index contributed by atoms with van der Waals surface area (Å²) in [6.45, 7) is 0. The first-order chi connectivity index (χ1) is 8.29. The van der Waals surface area contributed by atoms with Crippen molar-refractivity contribution in [1.29, 1.82) is 0 Å². The zero-order valence-electron chi connectivity index (χ0n) is 9.07. The molecule has 0 amide bonds. The first-order valence-corrected chi connectivity index (χ1v) is 5.31. The molecule has 2 aromatic heterocycles. The number of nitrogens with one attached hydrogen (secondary N) is 1. The Morgan fingerprint density at radius 2 is 2.18 bits per heavy atom. The van der Waals surface area contributed by atoms with E-state index in [0.717, 1.165) is 27.5 Å². The standard InChI is InChI=1S/C14H10N2O/c1-2-3-13-14-10(6-7-15-13)11-8-9(17)4-5-12(11)16-14/h1,4-8,16-17H,3H2. The third-order valence-corrected chi connectivity index (χ3v) is 2.85. The Balaban J connectivity index is 2.43. The summed E-state index contributed by atoms with van der Waals surface area (Å²) in [5.74, 6) is 2.86. The Morgan fingerprint density at radius 1 is 1.29 bits per heavy atom. The largest absolute Gasteiger partial charge is 0.508 e. The zero-order chi connectivity index (χ0) is 11.8. The minimum atomic E-state index is 0.258. The van der Waals surface area contributed by atoms with Gasteiger partial charge < -0.3 is 10.1 Å². The lowest BCUT2D eigenvalue weighted by molar-refractivity contribution is 0.476. The third-order valence-electron chi connectivity index (χ3n) is 2.85. The van der Waals surface area contributed by atoms with Gasteiger partial charge in [-0.25, -0.2) is 0 Å². The molecule has 2 N–H and O–H groups in total. The molecular weight excluding hydrogens is 212 g/mol. The van der Waals surface area contributed by atoms with Gasteiger partial charge in [0.25, 0.3) is 0 Å². The molecule has 0 spiro atoms. The first kappa shape index (κ1) is 9.73.